The zero-order valence-electron chi connectivity index (χ0n) is 5.41. The third-order valence-electron chi connectivity index (χ3n) is 0.858. The summed E-state index contributed by atoms with van der Waals surface area (Å²) in [5.74, 6) is 0. The van der Waals surface area contributed by atoms with Gasteiger partial charge in [-0.05, 0) is 12.6 Å². The summed E-state index contributed by atoms with van der Waals surface area (Å²) in [5.41, 5.74) is 1.04. The van der Waals surface area contributed by atoms with Crippen LogP contribution in [0.25, 0.3) is 0 Å². The SMILES string of the molecule is C=CNC(=C)CCC. The molecule has 0 saturated heterocycles. The molecule has 0 aliphatic rings. The van der Waals surface area contributed by atoms with E-state index >= 15 is 0 Å². The maximum Gasteiger partial charge on any atom is 0.00730 e. The molecule has 0 saturated carbocycles. The Morgan fingerprint density at radius 1 is 1.75 bits per heavy atom. The lowest BCUT2D eigenvalue weighted by Crippen LogP contribution is -2.00. The minimum atomic E-state index is 1.03. The summed E-state index contributed by atoms with van der Waals surface area (Å²) in [7, 11) is 0. The van der Waals surface area contributed by atoms with Crippen molar-refractivity contribution >= 4 is 0 Å². The predicted octanol–water partition coefficient (Wildman–Crippen LogP) is 2.03. The van der Waals surface area contributed by atoms with Crippen LogP contribution in [-0.2, 0) is 0 Å². The lowest BCUT2D eigenvalue weighted by atomic mass is 10.3. The van der Waals surface area contributed by atoms with E-state index in [2.05, 4.69) is 25.4 Å². The van der Waals surface area contributed by atoms with Gasteiger partial charge < -0.3 is 5.32 Å². The van der Waals surface area contributed by atoms with Crippen molar-refractivity contribution in [3.63, 3.8) is 0 Å². The first-order valence-corrected chi connectivity index (χ1v) is 2.86. The molecule has 0 bridgehead atoms. The highest BCUT2D eigenvalue weighted by Crippen LogP contribution is 1.95. The highest BCUT2D eigenvalue weighted by atomic mass is 14.8. The van der Waals surface area contributed by atoms with Gasteiger partial charge in [-0.15, -0.1) is 0 Å². The molecule has 0 heterocycles. The summed E-state index contributed by atoms with van der Waals surface area (Å²) in [6.45, 7) is 9.38. The van der Waals surface area contributed by atoms with Crippen molar-refractivity contribution in [2.24, 2.45) is 0 Å². The van der Waals surface area contributed by atoms with Gasteiger partial charge in [0.2, 0.25) is 0 Å². The van der Waals surface area contributed by atoms with Gasteiger partial charge in [-0.3, -0.25) is 0 Å². The first-order valence-electron chi connectivity index (χ1n) is 2.86. The van der Waals surface area contributed by atoms with Crippen molar-refractivity contribution in [3.05, 3.63) is 25.1 Å². The molecule has 0 aromatic carbocycles. The molecule has 8 heavy (non-hydrogen) atoms. The van der Waals surface area contributed by atoms with Crippen molar-refractivity contribution in [2.45, 2.75) is 19.8 Å². The van der Waals surface area contributed by atoms with Crippen molar-refractivity contribution in [1.82, 2.24) is 5.32 Å². The van der Waals surface area contributed by atoms with E-state index in [9.17, 15) is 0 Å². The Bertz CT molecular complexity index is 84.4. The summed E-state index contributed by atoms with van der Waals surface area (Å²) < 4.78 is 0. The van der Waals surface area contributed by atoms with E-state index in [4.69, 9.17) is 0 Å². The quantitative estimate of drug-likeness (QED) is 0.585. The van der Waals surface area contributed by atoms with E-state index < -0.39 is 0 Å². The second-order valence-electron chi connectivity index (χ2n) is 1.70. The fourth-order valence-corrected chi connectivity index (χ4v) is 0.518. The molecule has 0 unspecified atom stereocenters. The first kappa shape index (κ1) is 7.28. The number of hydrogen-bond acceptors (Lipinski definition) is 1. The Balaban J connectivity index is 3.18. The Kier molecular flexibility index (Phi) is 4.04. The van der Waals surface area contributed by atoms with Gasteiger partial charge in [0.1, 0.15) is 0 Å². The molecule has 0 amide bonds. The summed E-state index contributed by atoms with van der Waals surface area (Å²) in [4.78, 5) is 0. The van der Waals surface area contributed by atoms with Crippen LogP contribution >= 0.6 is 0 Å². The van der Waals surface area contributed by atoms with Gasteiger partial charge in [-0.1, -0.05) is 26.5 Å². The van der Waals surface area contributed by atoms with Crippen molar-refractivity contribution < 1.29 is 0 Å². The zero-order valence-corrected chi connectivity index (χ0v) is 5.41. The molecule has 0 radical (unpaired) electrons. The molecule has 0 aliphatic carbocycles. The first-order chi connectivity index (χ1) is 3.81. The number of hydrogen-bond donors (Lipinski definition) is 1. The van der Waals surface area contributed by atoms with Gasteiger partial charge in [0, 0.05) is 5.70 Å². The van der Waals surface area contributed by atoms with Crippen molar-refractivity contribution in [1.29, 1.82) is 0 Å². The molecular formula is C7H13N. The Morgan fingerprint density at radius 3 is 2.75 bits per heavy atom. The highest BCUT2D eigenvalue weighted by Gasteiger charge is 1.83. The normalized spacial score (nSPS) is 8.12. The molecule has 46 valence electrons. The largest absolute Gasteiger partial charge is 0.366 e. The van der Waals surface area contributed by atoms with Gasteiger partial charge in [-0.25, -0.2) is 0 Å². The lowest BCUT2D eigenvalue weighted by Gasteiger charge is -1.99. The van der Waals surface area contributed by atoms with E-state index in [1.807, 2.05) is 0 Å². The average Bonchev–Trinajstić information content (AvgIpc) is 1.68. The standard InChI is InChI=1S/C7H13N/c1-4-6-7(3)8-5-2/h5,8H,2-4,6H2,1H3. The third kappa shape index (κ3) is 3.47. The molecule has 0 aromatic rings. The van der Waals surface area contributed by atoms with Crippen LogP contribution in [0.4, 0.5) is 0 Å². The van der Waals surface area contributed by atoms with Gasteiger partial charge in [-0.2, -0.15) is 0 Å². The average molecular weight is 111 g/mol. The molecule has 1 nitrogen and oxygen atoms in total. The van der Waals surface area contributed by atoms with Crippen LogP contribution in [0, 0.1) is 0 Å². The van der Waals surface area contributed by atoms with E-state index in [-0.39, 0.29) is 0 Å². The van der Waals surface area contributed by atoms with Gasteiger partial charge in [0.05, 0.1) is 0 Å². The molecule has 0 aromatic heterocycles. The molecule has 1 heteroatoms. The number of nitrogens with one attached hydrogen (secondary N) is 1. The Labute approximate surface area is 51.1 Å². The maximum atomic E-state index is 3.75. The Hall–Kier alpha value is -0.720. The molecule has 0 atom stereocenters. The van der Waals surface area contributed by atoms with Crippen LogP contribution in [0.3, 0.4) is 0 Å². The van der Waals surface area contributed by atoms with Crippen LogP contribution in [0.2, 0.25) is 0 Å². The van der Waals surface area contributed by atoms with Crippen LogP contribution in [0.5, 0.6) is 0 Å². The van der Waals surface area contributed by atoms with Crippen molar-refractivity contribution in [3.8, 4) is 0 Å². The van der Waals surface area contributed by atoms with Gasteiger partial charge in [0.15, 0.2) is 0 Å². The summed E-state index contributed by atoms with van der Waals surface area (Å²) in [5, 5.41) is 2.92. The zero-order chi connectivity index (χ0) is 6.41. The predicted molar refractivity (Wildman–Crippen MR) is 37.4 cm³/mol. The second-order valence-corrected chi connectivity index (χ2v) is 1.70. The smallest absolute Gasteiger partial charge is 0.00730 e. The van der Waals surface area contributed by atoms with Gasteiger partial charge >= 0.3 is 0 Å². The summed E-state index contributed by atoms with van der Waals surface area (Å²) in [6, 6.07) is 0. The minimum Gasteiger partial charge on any atom is -0.366 e. The lowest BCUT2D eigenvalue weighted by molar-refractivity contribution is 0.845. The van der Waals surface area contributed by atoms with Crippen LogP contribution < -0.4 is 5.32 Å². The molecular weight excluding hydrogens is 98.1 g/mol. The number of rotatable bonds is 4. The molecule has 0 fully saturated rings. The van der Waals surface area contributed by atoms with Gasteiger partial charge in [0.25, 0.3) is 0 Å². The molecule has 0 aliphatic heterocycles. The van der Waals surface area contributed by atoms with E-state index in [1.165, 1.54) is 0 Å². The van der Waals surface area contributed by atoms with E-state index in [0.717, 1.165) is 18.5 Å². The molecule has 0 rings (SSSR count). The number of allylic oxidation sites excluding steroid dienone is 1. The van der Waals surface area contributed by atoms with Crippen molar-refractivity contribution in [2.75, 3.05) is 0 Å². The van der Waals surface area contributed by atoms with Crippen LogP contribution in [-0.4, -0.2) is 0 Å². The van der Waals surface area contributed by atoms with E-state index in [0.29, 0.717) is 0 Å². The summed E-state index contributed by atoms with van der Waals surface area (Å²) in [6.07, 6.45) is 3.82. The second kappa shape index (κ2) is 4.44. The van der Waals surface area contributed by atoms with E-state index in [1.54, 1.807) is 6.20 Å². The maximum absolute atomic E-state index is 3.75. The molecule has 1 N–H and O–H groups in total. The molecule has 0 spiro atoms. The monoisotopic (exact) mass is 111 g/mol. The highest BCUT2D eigenvalue weighted by molar-refractivity contribution is 4.94. The van der Waals surface area contributed by atoms with Crippen LogP contribution in [0.1, 0.15) is 19.8 Å². The third-order valence-corrected chi connectivity index (χ3v) is 0.858. The summed E-state index contributed by atoms with van der Waals surface area (Å²) >= 11 is 0. The minimum absolute atomic E-state index is 1.03. The Morgan fingerprint density at radius 2 is 2.38 bits per heavy atom. The topological polar surface area (TPSA) is 12.0 Å². The van der Waals surface area contributed by atoms with Crippen LogP contribution in [0.15, 0.2) is 25.1 Å². The fraction of sp³-hybridized carbons (Fsp3) is 0.429. The fourth-order valence-electron chi connectivity index (χ4n) is 0.518.